The van der Waals surface area contributed by atoms with Crippen molar-refractivity contribution in [2.75, 3.05) is 13.2 Å². The average Bonchev–Trinajstić information content (AvgIpc) is 2.90. The lowest BCUT2D eigenvalue weighted by Crippen LogP contribution is -2.43. The van der Waals surface area contributed by atoms with E-state index in [2.05, 4.69) is 0 Å². The lowest BCUT2D eigenvalue weighted by atomic mass is 9.79. The summed E-state index contributed by atoms with van der Waals surface area (Å²) in [5.74, 6) is -3.68. The minimum absolute atomic E-state index is 0.124. The van der Waals surface area contributed by atoms with Gasteiger partial charge in [0.1, 0.15) is 12.1 Å². The molecule has 0 saturated heterocycles. The van der Waals surface area contributed by atoms with E-state index in [1.807, 2.05) is 20.8 Å². The largest absolute Gasteiger partial charge is 0.513 e. The van der Waals surface area contributed by atoms with Crippen LogP contribution in [-0.4, -0.2) is 54.7 Å². The van der Waals surface area contributed by atoms with E-state index in [1.54, 1.807) is 20.8 Å². The van der Waals surface area contributed by atoms with Gasteiger partial charge in [-0.2, -0.15) is 0 Å². The fraction of sp³-hybridized carbons (Fsp3) is 0.655. The van der Waals surface area contributed by atoms with Gasteiger partial charge in [0.15, 0.2) is 11.5 Å². The van der Waals surface area contributed by atoms with Crippen molar-refractivity contribution in [3.05, 3.63) is 23.8 Å². The molecular weight excluding hydrogens is 522 g/mol. The quantitative estimate of drug-likeness (QED) is 0.101. The number of carbonyl (C=O) groups excluding carboxylic acids is 3. The van der Waals surface area contributed by atoms with Crippen molar-refractivity contribution in [3.8, 4) is 11.5 Å². The van der Waals surface area contributed by atoms with Gasteiger partial charge < -0.3 is 34.5 Å². The summed E-state index contributed by atoms with van der Waals surface area (Å²) in [5.41, 5.74) is 6.48. The number of carboxylic acid groups (broad SMARTS) is 1. The fourth-order valence-electron chi connectivity index (χ4n) is 3.98. The standard InChI is InChI=1S/C29H45NO10/c1-7-10-15-36-28(34)39-22-14-13-21(17-23(22)40-29(35)37-16-11-8-2)24(25(30)26(31)32)19(5)20(6)38-27(33)18(4)12-9-3/h13-14,17-20,24-25H,7-12,15-16,30H2,1-6H3,(H,31,32)/t18?,19?,20?,24?,25-/m0/s1. The smallest absolute Gasteiger partial charge is 0.480 e. The molecule has 0 radical (unpaired) electrons. The van der Waals surface area contributed by atoms with E-state index in [4.69, 9.17) is 29.4 Å². The Kier molecular flexibility index (Phi) is 15.7. The zero-order valence-electron chi connectivity index (χ0n) is 24.5. The molecule has 1 aromatic carbocycles. The number of nitrogens with two attached hydrogens (primary N) is 1. The van der Waals surface area contributed by atoms with Crippen LogP contribution in [0.2, 0.25) is 0 Å². The normalized spacial score (nSPS) is 14.7. The molecule has 0 amide bonds. The molecule has 226 valence electrons. The first kappa shape index (κ1) is 34.7. The molecule has 3 N–H and O–H groups in total. The van der Waals surface area contributed by atoms with E-state index in [0.29, 0.717) is 24.8 Å². The molecular formula is C29H45NO10. The maximum Gasteiger partial charge on any atom is 0.513 e. The van der Waals surface area contributed by atoms with Gasteiger partial charge in [-0.1, -0.05) is 59.9 Å². The van der Waals surface area contributed by atoms with Crippen LogP contribution in [0, 0.1) is 11.8 Å². The van der Waals surface area contributed by atoms with Crippen LogP contribution >= 0.6 is 0 Å². The Morgan fingerprint density at radius 2 is 1.40 bits per heavy atom. The average molecular weight is 568 g/mol. The molecule has 0 aromatic heterocycles. The van der Waals surface area contributed by atoms with E-state index >= 15 is 0 Å². The number of carbonyl (C=O) groups is 4. The predicted octanol–water partition coefficient (Wildman–Crippen LogP) is 5.82. The van der Waals surface area contributed by atoms with Gasteiger partial charge in [0.05, 0.1) is 19.1 Å². The zero-order chi connectivity index (χ0) is 30.2. The Hall–Kier alpha value is -3.34. The van der Waals surface area contributed by atoms with Crippen LogP contribution in [0.1, 0.15) is 91.5 Å². The number of benzene rings is 1. The van der Waals surface area contributed by atoms with Crippen LogP contribution in [0.5, 0.6) is 11.5 Å². The molecule has 0 fully saturated rings. The van der Waals surface area contributed by atoms with Crippen molar-refractivity contribution in [2.24, 2.45) is 17.6 Å². The molecule has 4 unspecified atom stereocenters. The first-order valence-corrected chi connectivity index (χ1v) is 14.0. The monoisotopic (exact) mass is 567 g/mol. The van der Waals surface area contributed by atoms with E-state index in [1.165, 1.54) is 18.2 Å². The van der Waals surface area contributed by atoms with Crippen molar-refractivity contribution in [3.63, 3.8) is 0 Å². The van der Waals surface area contributed by atoms with Crippen LogP contribution in [0.25, 0.3) is 0 Å². The minimum Gasteiger partial charge on any atom is -0.480 e. The Balaban J connectivity index is 3.37. The Morgan fingerprint density at radius 1 is 0.850 bits per heavy atom. The highest BCUT2D eigenvalue weighted by Crippen LogP contribution is 2.37. The summed E-state index contributed by atoms with van der Waals surface area (Å²) in [5, 5.41) is 9.77. The van der Waals surface area contributed by atoms with Crippen molar-refractivity contribution >= 4 is 24.2 Å². The number of unbranched alkanes of at least 4 members (excludes halogenated alkanes) is 2. The minimum atomic E-state index is -1.39. The van der Waals surface area contributed by atoms with E-state index in [9.17, 15) is 24.3 Å². The van der Waals surface area contributed by atoms with Gasteiger partial charge in [-0.25, -0.2) is 9.59 Å². The van der Waals surface area contributed by atoms with Crippen molar-refractivity contribution in [1.29, 1.82) is 0 Å². The summed E-state index contributed by atoms with van der Waals surface area (Å²) in [7, 11) is 0. The predicted molar refractivity (Wildman–Crippen MR) is 147 cm³/mol. The number of hydrogen-bond acceptors (Lipinski definition) is 10. The summed E-state index contributed by atoms with van der Waals surface area (Å²) < 4.78 is 26.4. The molecule has 1 aromatic rings. The number of rotatable bonds is 17. The highest BCUT2D eigenvalue weighted by molar-refractivity contribution is 5.75. The first-order valence-electron chi connectivity index (χ1n) is 14.0. The van der Waals surface area contributed by atoms with E-state index in [0.717, 1.165) is 19.3 Å². The number of hydrogen-bond donors (Lipinski definition) is 2. The van der Waals surface area contributed by atoms with Crippen LogP contribution < -0.4 is 15.2 Å². The molecule has 5 atom stereocenters. The third-order valence-electron chi connectivity index (χ3n) is 6.58. The number of esters is 1. The summed E-state index contributed by atoms with van der Waals surface area (Å²) in [6, 6.07) is 2.86. The summed E-state index contributed by atoms with van der Waals surface area (Å²) in [6.45, 7) is 11.3. The van der Waals surface area contributed by atoms with Crippen LogP contribution in [0.4, 0.5) is 9.59 Å². The Morgan fingerprint density at radius 3 is 1.90 bits per heavy atom. The van der Waals surface area contributed by atoms with E-state index in [-0.39, 0.29) is 36.6 Å². The fourth-order valence-corrected chi connectivity index (χ4v) is 3.98. The number of ether oxygens (including phenoxy) is 5. The van der Waals surface area contributed by atoms with Crippen molar-refractivity contribution < 1.29 is 48.0 Å². The van der Waals surface area contributed by atoms with Crippen LogP contribution in [0.15, 0.2) is 18.2 Å². The highest BCUT2D eigenvalue weighted by atomic mass is 16.7. The number of carboxylic acids is 1. The molecule has 0 bridgehead atoms. The summed E-state index contributed by atoms with van der Waals surface area (Å²) in [6.07, 6.45) is 1.67. The van der Waals surface area contributed by atoms with Gasteiger partial charge >= 0.3 is 24.2 Å². The molecule has 0 saturated carbocycles. The van der Waals surface area contributed by atoms with Crippen molar-refractivity contribution in [2.45, 2.75) is 98.1 Å². The lowest BCUT2D eigenvalue weighted by molar-refractivity contribution is -0.155. The van der Waals surface area contributed by atoms with Crippen LogP contribution in [0.3, 0.4) is 0 Å². The van der Waals surface area contributed by atoms with E-state index < -0.39 is 42.3 Å². The molecule has 11 nitrogen and oxygen atoms in total. The van der Waals surface area contributed by atoms with Gasteiger partial charge in [0, 0.05) is 11.8 Å². The zero-order valence-corrected chi connectivity index (χ0v) is 24.5. The van der Waals surface area contributed by atoms with Gasteiger partial charge in [0.25, 0.3) is 0 Å². The Bertz CT molecular complexity index is 966. The lowest BCUT2D eigenvalue weighted by Gasteiger charge is -2.32. The molecule has 0 aliphatic rings. The van der Waals surface area contributed by atoms with Gasteiger partial charge in [-0.15, -0.1) is 0 Å². The number of aliphatic carboxylic acids is 1. The second kappa shape index (κ2) is 18.1. The van der Waals surface area contributed by atoms with Gasteiger partial charge in [-0.3, -0.25) is 9.59 Å². The van der Waals surface area contributed by atoms with Crippen molar-refractivity contribution in [1.82, 2.24) is 0 Å². The molecule has 40 heavy (non-hydrogen) atoms. The molecule has 0 spiro atoms. The first-order chi connectivity index (χ1) is 19.0. The second-order valence-electron chi connectivity index (χ2n) is 9.89. The highest BCUT2D eigenvalue weighted by Gasteiger charge is 2.36. The summed E-state index contributed by atoms with van der Waals surface area (Å²) in [4.78, 5) is 49.1. The van der Waals surface area contributed by atoms with Gasteiger partial charge in [0.2, 0.25) is 0 Å². The second-order valence-corrected chi connectivity index (χ2v) is 9.89. The maximum absolute atomic E-state index is 12.5. The molecule has 0 heterocycles. The molecule has 0 aliphatic carbocycles. The third-order valence-corrected chi connectivity index (χ3v) is 6.58. The Labute approximate surface area is 236 Å². The SMILES string of the molecule is CCCCOC(=O)Oc1ccc(C(C(C)C(C)OC(=O)C(C)CCC)[C@H](N)C(=O)O)cc1OC(=O)OCCCC. The molecule has 1 rings (SSSR count). The topological polar surface area (TPSA) is 161 Å². The summed E-state index contributed by atoms with van der Waals surface area (Å²) >= 11 is 0. The molecule has 11 heteroatoms. The van der Waals surface area contributed by atoms with Crippen LogP contribution in [-0.2, 0) is 23.8 Å². The van der Waals surface area contributed by atoms with Gasteiger partial charge in [-0.05, 0) is 43.9 Å². The maximum atomic E-state index is 12.5. The molecule has 0 aliphatic heterocycles. The third kappa shape index (κ3) is 11.4.